The average molecular weight is 450 g/mol. The fraction of sp³-hybridized carbons (Fsp3) is 0.320. The number of fused-ring (bicyclic) bond motifs is 3. The predicted octanol–water partition coefficient (Wildman–Crippen LogP) is 4.27. The minimum Gasteiger partial charge on any atom is -0.389 e. The van der Waals surface area contributed by atoms with Gasteiger partial charge in [-0.25, -0.2) is 4.98 Å². The van der Waals surface area contributed by atoms with E-state index in [1.54, 1.807) is 28.9 Å². The van der Waals surface area contributed by atoms with Crippen LogP contribution in [-0.4, -0.2) is 46.4 Å². The summed E-state index contributed by atoms with van der Waals surface area (Å²) in [5, 5.41) is 13.8. The number of hydrogen-bond donors (Lipinski definition) is 1. The Morgan fingerprint density at radius 3 is 2.88 bits per heavy atom. The van der Waals surface area contributed by atoms with E-state index in [9.17, 15) is 9.90 Å². The van der Waals surface area contributed by atoms with Crippen molar-refractivity contribution in [2.24, 2.45) is 4.99 Å². The molecule has 32 heavy (non-hydrogen) atoms. The molecule has 7 heteroatoms. The van der Waals surface area contributed by atoms with Crippen LogP contribution in [0.2, 0.25) is 0 Å². The molecule has 1 fully saturated rings. The van der Waals surface area contributed by atoms with E-state index in [4.69, 9.17) is 4.74 Å². The normalized spacial score (nSPS) is 19.8. The van der Waals surface area contributed by atoms with Gasteiger partial charge in [0.25, 0.3) is 5.56 Å². The number of rotatable bonds is 6. The summed E-state index contributed by atoms with van der Waals surface area (Å²) >= 11 is 1.58. The first kappa shape index (κ1) is 22.5. The molecule has 1 aromatic heterocycles. The lowest BCUT2D eigenvalue weighted by molar-refractivity contribution is -0.0395. The molecule has 0 bridgehead atoms. The molecule has 0 amide bonds. The SMILES string of the molecule is C=C(C=NC(=CC)SC)Cc1cc2c(=O)n(C3CCOCC3O)cnc2c2ccccc12. The van der Waals surface area contributed by atoms with Crippen LogP contribution in [0.5, 0.6) is 0 Å². The van der Waals surface area contributed by atoms with Gasteiger partial charge in [0.1, 0.15) is 0 Å². The summed E-state index contributed by atoms with van der Waals surface area (Å²) in [5.74, 6) is 0. The Hall–Kier alpha value is -2.74. The van der Waals surface area contributed by atoms with Crippen molar-refractivity contribution < 1.29 is 9.84 Å². The summed E-state index contributed by atoms with van der Waals surface area (Å²) in [5.41, 5.74) is 2.38. The predicted molar refractivity (Wildman–Crippen MR) is 133 cm³/mol. The summed E-state index contributed by atoms with van der Waals surface area (Å²) in [6, 6.07) is 9.55. The van der Waals surface area contributed by atoms with Crippen LogP contribution in [-0.2, 0) is 11.2 Å². The molecule has 1 N–H and O–H groups in total. The molecule has 166 valence electrons. The highest BCUT2D eigenvalue weighted by molar-refractivity contribution is 8.02. The molecule has 2 aromatic carbocycles. The second-order valence-electron chi connectivity index (χ2n) is 7.86. The van der Waals surface area contributed by atoms with Gasteiger partial charge >= 0.3 is 0 Å². The van der Waals surface area contributed by atoms with Gasteiger partial charge in [-0.2, -0.15) is 0 Å². The highest BCUT2D eigenvalue weighted by atomic mass is 32.2. The van der Waals surface area contributed by atoms with Crippen LogP contribution in [0.3, 0.4) is 0 Å². The molecular weight excluding hydrogens is 422 g/mol. The number of aromatic nitrogens is 2. The van der Waals surface area contributed by atoms with Crippen molar-refractivity contribution >= 4 is 39.7 Å². The smallest absolute Gasteiger partial charge is 0.261 e. The molecule has 0 aliphatic carbocycles. The van der Waals surface area contributed by atoms with Crippen LogP contribution >= 0.6 is 11.8 Å². The maximum Gasteiger partial charge on any atom is 0.261 e. The fourth-order valence-corrected chi connectivity index (χ4v) is 4.55. The zero-order valence-electron chi connectivity index (χ0n) is 18.3. The molecule has 1 saturated heterocycles. The quantitative estimate of drug-likeness (QED) is 0.449. The van der Waals surface area contributed by atoms with E-state index < -0.39 is 6.10 Å². The largest absolute Gasteiger partial charge is 0.389 e. The van der Waals surface area contributed by atoms with E-state index in [0.29, 0.717) is 30.4 Å². The molecule has 4 rings (SSSR count). The van der Waals surface area contributed by atoms with Gasteiger partial charge in [0.2, 0.25) is 0 Å². The molecule has 3 aromatic rings. The van der Waals surface area contributed by atoms with Gasteiger partial charge in [0.15, 0.2) is 0 Å². The molecule has 2 unspecified atom stereocenters. The van der Waals surface area contributed by atoms with Gasteiger partial charge in [0.05, 0.1) is 41.0 Å². The molecule has 0 saturated carbocycles. The average Bonchev–Trinajstić information content (AvgIpc) is 2.81. The number of aliphatic hydroxyl groups is 1. The van der Waals surface area contributed by atoms with Crippen LogP contribution in [0, 0.1) is 0 Å². The lowest BCUT2D eigenvalue weighted by Gasteiger charge is -2.29. The van der Waals surface area contributed by atoms with E-state index in [1.807, 2.05) is 49.6 Å². The molecule has 2 atom stereocenters. The number of allylic oxidation sites excluding steroid dienone is 2. The van der Waals surface area contributed by atoms with Crippen molar-refractivity contribution in [1.29, 1.82) is 0 Å². The third-order valence-corrected chi connectivity index (χ3v) is 6.53. The highest BCUT2D eigenvalue weighted by Crippen LogP contribution is 2.28. The molecule has 0 radical (unpaired) electrons. The molecule has 2 heterocycles. The molecule has 1 aliphatic heterocycles. The van der Waals surface area contributed by atoms with Crippen molar-refractivity contribution in [3.63, 3.8) is 0 Å². The Labute approximate surface area is 191 Å². The first-order valence-corrected chi connectivity index (χ1v) is 11.9. The number of aliphatic hydroxyl groups excluding tert-OH is 1. The minimum absolute atomic E-state index is 0.147. The van der Waals surface area contributed by atoms with Crippen LogP contribution in [0.25, 0.3) is 21.7 Å². The number of ether oxygens (including phenoxy) is 1. The number of aliphatic imine (C=N–C) groups is 1. The summed E-state index contributed by atoms with van der Waals surface area (Å²) < 4.78 is 6.88. The van der Waals surface area contributed by atoms with Gasteiger partial charge in [0, 0.05) is 18.2 Å². The zero-order valence-corrected chi connectivity index (χ0v) is 19.1. The van der Waals surface area contributed by atoms with Gasteiger partial charge in [-0.3, -0.25) is 14.4 Å². The Bertz CT molecular complexity index is 1280. The van der Waals surface area contributed by atoms with Crippen molar-refractivity contribution in [3.8, 4) is 0 Å². The molecular formula is C25H27N3O3S. The van der Waals surface area contributed by atoms with Crippen LogP contribution in [0.15, 0.2) is 69.7 Å². The Morgan fingerprint density at radius 1 is 1.38 bits per heavy atom. The van der Waals surface area contributed by atoms with E-state index in [1.165, 1.54) is 0 Å². The fourth-order valence-electron chi connectivity index (χ4n) is 4.16. The minimum atomic E-state index is -0.728. The monoisotopic (exact) mass is 449 g/mol. The summed E-state index contributed by atoms with van der Waals surface area (Å²) in [6.45, 7) is 6.86. The first-order valence-electron chi connectivity index (χ1n) is 10.6. The number of thioether (sulfide) groups is 1. The second kappa shape index (κ2) is 9.81. The third kappa shape index (κ3) is 4.41. The van der Waals surface area contributed by atoms with Crippen molar-refractivity contribution in [2.45, 2.75) is 31.9 Å². The van der Waals surface area contributed by atoms with E-state index in [-0.39, 0.29) is 18.2 Å². The van der Waals surface area contributed by atoms with Crippen LogP contribution in [0.4, 0.5) is 0 Å². The Morgan fingerprint density at radius 2 is 2.16 bits per heavy atom. The van der Waals surface area contributed by atoms with Crippen molar-refractivity contribution in [1.82, 2.24) is 9.55 Å². The maximum absolute atomic E-state index is 13.5. The number of nitrogens with zero attached hydrogens (tertiary/aromatic N) is 3. The van der Waals surface area contributed by atoms with Gasteiger partial charge in [-0.05, 0) is 48.6 Å². The van der Waals surface area contributed by atoms with Gasteiger partial charge < -0.3 is 9.84 Å². The van der Waals surface area contributed by atoms with Crippen LogP contribution in [0.1, 0.15) is 24.9 Å². The number of benzene rings is 2. The highest BCUT2D eigenvalue weighted by Gasteiger charge is 2.27. The topological polar surface area (TPSA) is 76.7 Å². The van der Waals surface area contributed by atoms with E-state index in [2.05, 4.69) is 16.6 Å². The summed E-state index contributed by atoms with van der Waals surface area (Å²) in [7, 11) is 0. The molecule has 1 aliphatic rings. The van der Waals surface area contributed by atoms with Crippen molar-refractivity contribution in [2.75, 3.05) is 19.5 Å². The Balaban J connectivity index is 1.81. The maximum atomic E-state index is 13.5. The standard InChI is InChI=1S/C25H27N3O3S/c1-4-23(32-3)26-13-16(2)11-17-12-20-24(19-8-6-5-7-18(17)19)27-15-28(25(20)30)21-9-10-31-14-22(21)29/h4-8,12-13,15,21-22,29H,2,9-11,14H2,1,3H3. The summed E-state index contributed by atoms with van der Waals surface area (Å²) in [6.07, 6.45) is 7.70. The van der Waals surface area contributed by atoms with Crippen LogP contribution < -0.4 is 5.56 Å². The van der Waals surface area contributed by atoms with Gasteiger partial charge in [-0.1, -0.05) is 36.9 Å². The molecule has 6 nitrogen and oxygen atoms in total. The zero-order chi connectivity index (χ0) is 22.7. The van der Waals surface area contributed by atoms with Gasteiger partial charge in [-0.15, -0.1) is 11.8 Å². The second-order valence-corrected chi connectivity index (χ2v) is 8.68. The lowest BCUT2D eigenvalue weighted by Crippen LogP contribution is -2.39. The number of hydrogen-bond acceptors (Lipinski definition) is 6. The summed E-state index contributed by atoms with van der Waals surface area (Å²) in [4.78, 5) is 22.6. The first-order chi connectivity index (χ1) is 15.5. The molecule has 0 spiro atoms. The van der Waals surface area contributed by atoms with E-state index in [0.717, 1.165) is 26.9 Å². The van der Waals surface area contributed by atoms with E-state index >= 15 is 0 Å². The third-order valence-electron chi connectivity index (χ3n) is 5.77. The van der Waals surface area contributed by atoms with Crippen molar-refractivity contribution in [3.05, 3.63) is 75.8 Å². The Kier molecular flexibility index (Phi) is 6.89. The lowest BCUT2D eigenvalue weighted by atomic mass is 9.96.